The van der Waals surface area contributed by atoms with Crippen LogP contribution in [-0.2, 0) is 21.3 Å². The van der Waals surface area contributed by atoms with Gasteiger partial charge >= 0.3 is 0 Å². The Morgan fingerprint density at radius 3 is 2.80 bits per heavy atom. The number of carbonyl (C=O) groups is 1. The SMILES string of the molecule is CC(C)c1nc(C[S@@](=O)CC(=O)NC2CCCC2)cs1. The highest BCUT2D eigenvalue weighted by Crippen LogP contribution is 2.20. The summed E-state index contributed by atoms with van der Waals surface area (Å²) in [5.41, 5.74) is 0.839. The summed E-state index contributed by atoms with van der Waals surface area (Å²) in [6.07, 6.45) is 4.49. The van der Waals surface area contributed by atoms with E-state index in [-0.39, 0.29) is 11.7 Å². The van der Waals surface area contributed by atoms with Gasteiger partial charge in [-0.15, -0.1) is 11.3 Å². The lowest BCUT2D eigenvalue weighted by molar-refractivity contribution is -0.119. The molecule has 4 nitrogen and oxygen atoms in total. The number of hydrogen-bond donors (Lipinski definition) is 1. The van der Waals surface area contributed by atoms with Gasteiger partial charge in [-0.25, -0.2) is 4.98 Å². The molecule has 0 bridgehead atoms. The highest BCUT2D eigenvalue weighted by Gasteiger charge is 2.18. The van der Waals surface area contributed by atoms with Crippen LogP contribution in [0.5, 0.6) is 0 Å². The van der Waals surface area contributed by atoms with Crippen LogP contribution in [0.4, 0.5) is 0 Å². The molecule has 1 aliphatic rings. The van der Waals surface area contributed by atoms with Crippen LogP contribution < -0.4 is 5.32 Å². The molecule has 0 saturated heterocycles. The van der Waals surface area contributed by atoms with Crippen molar-refractivity contribution < 1.29 is 9.00 Å². The first kappa shape index (κ1) is 15.6. The Bertz CT molecular complexity index is 479. The minimum absolute atomic E-state index is 0.0883. The highest BCUT2D eigenvalue weighted by atomic mass is 32.2. The van der Waals surface area contributed by atoms with E-state index in [1.807, 2.05) is 5.38 Å². The Morgan fingerprint density at radius 1 is 1.50 bits per heavy atom. The number of nitrogens with one attached hydrogen (secondary N) is 1. The summed E-state index contributed by atoms with van der Waals surface area (Å²) in [4.78, 5) is 16.2. The molecule has 0 radical (unpaired) electrons. The van der Waals surface area contributed by atoms with Gasteiger partial charge in [0.25, 0.3) is 0 Å². The maximum absolute atomic E-state index is 12.0. The Kier molecular flexibility index (Phi) is 5.72. The van der Waals surface area contributed by atoms with Crippen molar-refractivity contribution in [2.75, 3.05) is 5.75 Å². The third kappa shape index (κ3) is 4.66. The van der Waals surface area contributed by atoms with Crippen LogP contribution >= 0.6 is 11.3 Å². The second kappa shape index (κ2) is 7.31. The van der Waals surface area contributed by atoms with Gasteiger partial charge in [0.15, 0.2) is 0 Å². The molecule has 0 spiro atoms. The van der Waals surface area contributed by atoms with E-state index in [0.717, 1.165) is 23.5 Å². The van der Waals surface area contributed by atoms with Gasteiger partial charge in [0.2, 0.25) is 5.91 Å². The first-order valence-electron chi connectivity index (χ1n) is 7.13. The maximum atomic E-state index is 12.0. The fraction of sp³-hybridized carbons (Fsp3) is 0.714. The molecule has 1 aromatic rings. The Labute approximate surface area is 126 Å². The molecule has 20 heavy (non-hydrogen) atoms. The zero-order chi connectivity index (χ0) is 14.5. The standard InChI is InChI=1S/C14H22N2O2S2/c1-10(2)14-16-12(7-19-14)8-20(18)9-13(17)15-11-5-3-4-6-11/h7,10-11H,3-6,8-9H2,1-2H3,(H,15,17)/t20-/m1/s1. The molecule has 1 fully saturated rings. The van der Waals surface area contributed by atoms with Crippen molar-refractivity contribution in [2.24, 2.45) is 0 Å². The molecular formula is C14H22N2O2S2. The summed E-state index contributed by atoms with van der Waals surface area (Å²) in [5.74, 6) is 0.772. The first-order chi connectivity index (χ1) is 9.54. The smallest absolute Gasteiger partial charge is 0.232 e. The monoisotopic (exact) mass is 314 g/mol. The number of carbonyl (C=O) groups excluding carboxylic acids is 1. The van der Waals surface area contributed by atoms with E-state index in [4.69, 9.17) is 0 Å². The van der Waals surface area contributed by atoms with Crippen LogP contribution in [-0.4, -0.2) is 26.9 Å². The molecule has 1 aromatic heterocycles. The quantitative estimate of drug-likeness (QED) is 0.878. The van der Waals surface area contributed by atoms with E-state index in [0.29, 0.717) is 17.7 Å². The number of thiazole rings is 1. The zero-order valence-corrected chi connectivity index (χ0v) is 13.7. The van der Waals surface area contributed by atoms with Crippen molar-refractivity contribution in [1.29, 1.82) is 0 Å². The zero-order valence-electron chi connectivity index (χ0n) is 12.1. The van der Waals surface area contributed by atoms with Crippen molar-refractivity contribution >= 4 is 28.0 Å². The topological polar surface area (TPSA) is 59.1 Å². The first-order valence-corrected chi connectivity index (χ1v) is 9.50. The van der Waals surface area contributed by atoms with E-state index >= 15 is 0 Å². The van der Waals surface area contributed by atoms with Crippen molar-refractivity contribution in [1.82, 2.24) is 10.3 Å². The summed E-state index contributed by atoms with van der Waals surface area (Å²) in [6.45, 7) is 4.18. The lowest BCUT2D eigenvalue weighted by Gasteiger charge is -2.11. The van der Waals surface area contributed by atoms with Crippen LogP contribution in [0.25, 0.3) is 0 Å². The Morgan fingerprint density at radius 2 is 2.20 bits per heavy atom. The maximum Gasteiger partial charge on any atom is 0.232 e. The van der Waals surface area contributed by atoms with Gasteiger partial charge in [0, 0.05) is 28.1 Å². The van der Waals surface area contributed by atoms with Gasteiger partial charge in [0.05, 0.1) is 16.5 Å². The number of hydrogen-bond acceptors (Lipinski definition) is 4. The molecule has 0 aromatic carbocycles. The molecule has 2 rings (SSSR count). The molecule has 1 heterocycles. The average Bonchev–Trinajstić information content (AvgIpc) is 2.99. The number of amides is 1. The molecule has 1 amide bonds. The molecular weight excluding hydrogens is 292 g/mol. The second-order valence-electron chi connectivity index (χ2n) is 5.61. The van der Waals surface area contributed by atoms with Crippen LogP contribution in [0, 0.1) is 0 Å². The van der Waals surface area contributed by atoms with Crippen LogP contribution in [0.2, 0.25) is 0 Å². The van der Waals surface area contributed by atoms with E-state index in [2.05, 4.69) is 24.1 Å². The Balaban J connectivity index is 1.77. The summed E-state index contributed by atoms with van der Waals surface area (Å²) in [5, 5.41) is 5.98. The summed E-state index contributed by atoms with van der Waals surface area (Å²) in [6, 6.07) is 0.298. The van der Waals surface area contributed by atoms with E-state index in [1.54, 1.807) is 11.3 Å². The van der Waals surface area contributed by atoms with Gasteiger partial charge in [-0.05, 0) is 12.8 Å². The van der Waals surface area contributed by atoms with Gasteiger partial charge in [-0.3, -0.25) is 9.00 Å². The molecule has 6 heteroatoms. The Hall–Kier alpha value is -0.750. The molecule has 1 saturated carbocycles. The summed E-state index contributed by atoms with van der Waals surface area (Å²) < 4.78 is 12.0. The van der Waals surface area contributed by atoms with Crippen LogP contribution in [0.15, 0.2) is 5.38 Å². The summed E-state index contributed by atoms with van der Waals surface area (Å²) in [7, 11) is -1.17. The third-order valence-corrected chi connectivity index (χ3v) is 5.78. The fourth-order valence-corrected chi connectivity index (χ4v) is 4.25. The minimum Gasteiger partial charge on any atom is -0.353 e. The molecule has 1 atom stereocenters. The van der Waals surface area contributed by atoms with E-state index in [1.165, 1.54) is 12.8 Å². The molecule has 0 aliphatic heterocycles. The van der Waals surface area contributed by atoms with Gasteiger partial charge < -0.3 is 5.32 Å². The number of aromatic nitrogens is 1. The van der Waals surface area contributed by atoms with E-state index < -0.39 is 10.8 Å². The van der Waals surface area contributed by atoms with E-state index in [9.17, 15) is 9.00 Å². The number of nitrogens with zero attached hydrogens (tertiary/aromatic N) is 1. The normalized spacial score (nSPS) is 17.6. The predicted molar refractivity (Wildman–Crippen MR) is 83.3 cm³/mol. The largest absolute Gasteiger partial charge is 0.353 e. The van der Waals surface area contributed by atoms with Crippen LogP contribution in [0.3, 0.4) is 0 Å². The second-order valence-corrected chi connectivity index (χ2v) is 7.96. The van der Waals surface area contributed by atoms with Crippen LogP contribution in [0.1, 0.15) is 56.2 Å². The van der Waals surface area contributed by atoms with Crippen molar-refractivity contribution in [3.63, 3.8) is 0 Å². The molecule has 1 aliphatic carbocycles. The number of rotatable bonds is 6. The van der Waals surface area contributed by atoms with Gasteiger partial charge in [0.1, 0.15) is 5.75 Å². The van der Waals surface area contributed by atoms with Gasteiger partial charge in [-0.2, -0.15) is 0 Å². The lowest BCUT2D eigenvalue weighted by Crippen LogP contribution is -2.35. The van der Waals surface area contributed by atoms with Crippen molar-refractivity contribution in [3.05, 3.63) is 16.1 Å². The minimum atomic E-state index is -1.17. The fourth-order valence-electron chi connectivity index (χ4n) is 2.36. The average molecular weight is 314 g/mol. The third-order valence-electron chi connectivity index (χ3n) is 3.38. The van der Waals surface area contributed by atoms with Crippen molar-refractivity contribution in [2.45, 2.75) is 57.2 Å². The highest BCUT2D eigenvalue weighted by molar-refractivity contribution is 7.84. The molecule has 112 valence electrons. The lowest BCUT2D eigenvalue weighted by atomic mass is 10.2. The summed E-state index contributed by atoms with van der Waals surface area (Å²) >= 11 is 1.60. The van der Waals surface area contributed by atoms with Gasteiger partial charge in [-0.1, -0.05) is 26.7 Å². The van der Waals surface area contributed by atoms with Crippen molar-refractivity contribution in [3.8, 4) is 0 Å². The predicted octanol–water partition coefficient (Wildman–Crippen LogP) is 2.57. The molecule has 0 unspecified atom stereocenters. The molecule has 1 N–H and O–H groups in total.